The number of aromatic nitrogens is 2. The molecule has 72 valence electrons. The second kappa shape index (κ2) is 3.45. The van der Waals surface area contributed by atoms with Gasteiger partial charge in [0.1, 0.15) is 0 Å². The molecule has 0 radical (unpaired) electrons. The molecule has 0 saturated carbocycles. The minimum Gasteiger partial charge on any atom is -0.389 e. The highest BCUT2D eigenvalue weighted by molar-refractivity contribution is 5.03. The molecule has 2 atom stereocenters. The predicted octanol–water partition coefficient (Wildman–Crippen LogP) is -1.05. The van der Waals surface area contributed by atoms with Gasteiger partial charge in [-0.15, -0.1) is 0 Å². The molecular weight excluding hydrogens is 170 g/mol. The van der Waals surface area contributed by atoms with Crippen molar-refractivity contribution in [2.75, 3.05) is 13.1 Å². The van der Waals surface area contributed by atoms with Crippen LogP contribution < -0.4 is 0 Å². The van der Waals surface area contributed by atoms with Crippen LogP contribution in [0, 0.1) is 0 Å². The first kappa shape index (κ1) is 8.68. The van der Waals surface area contributed by atoms with Crippen LogP contribution in [0.4, 0.5) is 0 Å². The van der Waals surface area contributed by atoms with Crippen LogP contribution in [0.1, 0.15) is 5.56 Å². The van der Waals surface area contributed by atoms with Gasteiger partial charge in [-0.2, -0.15) is 5.10 Å². The smallest absolute Gasteiger partial charge is 0.0938 e. The summed E-state index contributed by atoms with van der Waals surface area (Å²) in [5, 5.41) is 25.1. The van der Waals surface area contributed by atoms with Crippen LogP contribution in [0.25, 0.3) is 0 Å². The van der Waals surface area contributed by atoms with Crippen molar-refractivity contribution >= 4 is 0 Å². The zero-order valence-electron chi connectivity index (χ0n) is 7.22. The van der Waals surface area contributed by atoms with Crippen molar-refractivity contribution in [1.29, 1.82) is 0 Å². The third-order valence-corrected chi connectivity index (χ3v) is 2.30. The molecule has 2 rings (SSSR count). The van der Waals surface area contributed by atoms with Crippen molar-refractivity contribution in [3.05, 3.63) is 18.0 Å². The van der Waals surface area contributed by atoms with E-state index in [0.29, 0.717) is 13.1 Å². The lowest BCUT2D eigenvalue weighted by atomic mass is 10.3. The number of aliphatic hydroxyl groups is 2. The standard InChI is InChI=1S/C8H13N3O2/c12-7-4-11(5-8(7)13)3-6-1-9-10-2-6/h1-2,7-8,12-13H,3-5H2,(H,9,10)/t7-,8+. The lowest BCUT2D eigenvalue weighted by Crippen LogP contribution is -2.22. The fraction of sp³-hybridized carbons (Fsp3) is 0.625. The first-order valence-electron chi connectivity index (χ1n) is 4.32. The van der Waals surface area contributed by atoms with E-state index in [1.807, 2.05) is 11.1 Å². The Hall–Kier alpha value is -0.910. The maximum absolute atomic E-state index is 9.28. The first-order chi connectivity index (χ1) is 6.25. The second-order valence-corrected chi connectivity index (χ2v) is 3.44. The van der Waals surface area contributed by atoms with Crippen LogP contribution in [-0.4, -0.2) is 50.6 Å². The summed E-state index contributed by atoms with van der Waals surface area (Å²) in [6.07, 6.45) is 2.35. The first-order valence-corrected chi connectivity index (χ1v) is 4.32. The lowest BCUT2D eigenvalue weighted by Gasteiger charge is -2.12. The Bertz CT molecular complexity index is 252. The Morgan fingerprint density at radius 3 is 2.69 bits per heavy atom. The summed E-state index contributed by atoms with van der Waals surface area (Å²) in [5.74, 6) is 0. The van der Waals surface area contributed by atoms with E-state index < -0.39 is 12.2 Å². The van der Waals surface area contributed by atoms with Crippen LogP contribution in [-0.2, 0) is 6.54 Å². The average molecular weight is 183 g/mol. The number of hydrogen-bond acceptors (Lipinski definition) is 4. The van der Waals surface area contributed by atoms with Gasteiger partial charge in [0.25, 0.3) is 0 Å². The van der Waals surface area contributed by atoms with Gasteiger partial charge in [0.05, 0.1) is 18.4 Å². The van der Waals surface area contributed by atoms with E-state index in [4.69, 9.17) is 0 Å². The number of aromatic amines is 1. The summed E-state index contributed by atoms with van der Waals surface area (Å²) in [4.78, 5) is 2.00. The third-order valence-electron chi connectivity index (χ3n) is 2.30. The van der Waals surface area contributed by atoms with E-state index >= 15 is 0 Å². The van der Waals surface area contributed by atoms with Crippen LogP contribution in [0.2, 0.25) is 0 Å². The van der Waals surface area contributed by atoms with E-state index in [-0.39, 0.29) is 0 Å². The maximum atomic E-state index is 9.28. The van der Waals surface area contributed by atoms with Gasteiger partial charge in [0.2, 0.25) is 0 Å². The molecule has 2 heterocycles. The molecule has 5 nitrogen and oxygen atoms in total. The van der Waals surface area contributed by atoms with Gasteiger partial charge in [-0.3, -0.25) is 10.00 Å². The molecule has 1 saturated heterocycles. The number of rotatable bonds is 2. The van der Waals surface area contributed by atoms with Crippen LogP contribution >= 0.6 is 0 Å². The molecule has 3 N–H and O–H groups in total. The zero-order chi connectivity index (χ0) is 9.26. The normalized spacial score (nSPS) is 29.7. The van der Waals surface area contributed by atoms with Gasteiger partial charge in [0.15, 0.2) is 0 Å². The fourth-order valence-corrected chi connectivity index (χ4v) is 1.60. The number of hydrogen-bond donors (Lipinski definition) is 3. The van der Waals surface area contributed by atoms with Gasteiger partial charge >= 0.3 is 0 Å². The van der Waals surface area contributed by atoms with Crippen molar-refractivity contribution in [2.45, 2.75) is 18.8 Å². The molecule has 0 aliphatic carbocycles. The Morgan fingerprint density at radius 1 is 1.46 bits per heavy atom. The predicted molar refractivity (Wildman–Crippen MR) is 45.9 cm³/mol. The number of nitrogens with zero attached hydrogens (tertiary/aromatic N) is 2. The third kappa shape index (κ3) is 1.88. The molecule has 5 heteroatoms. The highest BCUT2D eigenvalue weighted by atomic mass is 16.3. The van der Waals surface area contributed by atoms with Crippen molar-refractivity contribution in [2.24, 2.45) is 0 Å². The largest absolute Gasteiger partial charge is 0.389 e. The fourth-order valence-electron chi connectivity index (χ4n) is 1.60. The van der Waals surface area contributed by atoms with Crippen molar-refractivity contribution in [3.8, 4) is 0 Å². The Kier molecular flexibility index (Phi) is 2.30. The highest BCUT2D eigenvalue weighted by Gasteiger charge is 2.29. The number of nitrogens with one attached hydrogen (secondary N) is 1. The van der Waals surface area contributed by atoms with E-state index in [1.165, 1.54) is 0 Å². The molecule has 0 bridgehead atoms. The molecule has 0 unspecified atom stereocenters. The van der Waals surface area contributed by atoms with E-state index in [2.05, 4.69) is 10.2 Å². The topological polar surface area (TPSA) is 72.4 Å². The highest BCUT2D eigenvalue weighted by Crippen LogP contribution is 2.12. The van der Waals surface area contributed by atoms with Gasteiger partial charge < -0.3 is 10.2 Å². The van der Waals surface area contributed by atoms with Gasteiger partial charge in [0, 0.05) is 31.4 Å². The zero-order valence-corrected chi connectivity index (χ0v) is 7.22. The van der Waals surface area contributed by atoms with Crippen molar-refractivity contribution in [3.63, 3.8) is 0 Å². The quantitative estimate of drug-likeness (QED) is 0.547. The number of β-amino-alcohol motifs (C(OH)–C–C–N with tert-alkyl or cyclic N) is 2. The minimum atomic E-state index is -0.605. The monoisotopic (exact) mass is 183 g/mol. The van der Waals surface area contributed by atoms with Crippen molar-refractivity contribution in [1.82, 2.24) is 15.1 Å². The van der Waals surface area contributed by atoms with Gasteiger partial charge in [-0.25, -0.2) is 0 Å². The summed E-state index contributed by atoms with van der Waals surface area (Å²) in [6, 6.07) is 0. The van der Waals surface area contributed by atoms with Crippen molar-refractivity contribution < 1.29 is 10.2 Å². The molecule has 1 aromatic heterocycles. The summed E-state index contributed by atoms with van der Waals surface area (Å²) in [6.45, 7) is 1.79. The Balaban J connectivity index is 1.91. The molecule has 0 amide bonds. The average Bonchev–Trinajstić information content (AvgIpc) is 2.64. The summed E-state index contributed by atoms with van der Waals surface area (Å²) in [5.41, 5.74) is 1.07. The molecule has 0 aromatic carbocycles. The minimum absolute atomic E-state index is 0.534. The summed E-state index contributed by atoms with van der Waals surface area (Å²) < 4.78 is 0. The van der Waals surface area contributed by atoms with Gasteiger partial charge in [-0.05, 0) is 0 Å². The second-order valence-electron chi connectivity index (χ2n) is 3.44. The van der Waals surface area contributed by atoms with E-state index in [0.717, 1.165) is 12.1 Å². The van der Waals surface area contributed by atoms with Gasteiger partial charge in [-0.1, -0.05) is 0 Å². The molecular formula is C8H13N3O2. The molecule has 1 aliphatic heterocycles. The van der Waals surface area contributed by atoms with E-state index in [1.54, 1.807) is 6.20 Å². The Morgan fingerprint density at radius 2 is 2.15 bits per heavy atom. The van der Waals surface area contributed by atoms with Crippen LogP contribution in [0.5, 0.6) is 0 Å². The molecule has 1 fully saturated rings. The SMILES string of the molecule is O[C@@H]1CN(Cc2cn[nH]c2)C[C@@H]1O. The van der Waals surface area contributed by atoms with E-state index in [9.17, 15) is 10.2 Å². The molecule has 1 aliphatic rings. The molecule has 13 heavy (non-hydrogen) atoms. The number of likely N-dealkylation sites (tertiary alicyclic amines) is 1. The van der Waals surface area contributed by atoms with Crippen LogP contribution in [0.3, 0.4) is 0 Å². The number of aliphatic hydroxyl groups excluding tert-OH is 2. The molecule has 1 aromatic rings. The number of H-pyrrole nitrogens is 1. The lowest BCUT2D eigenvalue weighted by molar-refractivity contribution is 0.0572. The summed E-state index contributed by atoms with van der Waals surface area (Å²) in [7, 11) is 0. The molecule has 0 spiro atoms. The Labute approximate surface area is 76.0 Å². The van der Waals surface area contributed by atoms with Crippen LogP contribution in [0.15, 0.2) is 12.4 Å². The maximum Gasteiger partial charge on any atom is 0.0938 e. The summed E-state index contributed by atoms with van der Waals surface area (Å²) >= 11 is 0.